The number of carboxylic acids is 1. The Hall–Kier alpha value is -2.12. The Balaban J connectivity index is 1.45. The summed E-state index contributed by atoms with van der Waals surface area (Å²) in [4.78, 5) is 30.1. The van der Waals surface area contributed by atoms with Gasteiger partial charge in [-0.05, 0) is 31.0 Å². The molecule has 1 heterocycles. The smallest absolute Gasteiger partial charge is 0.317 e. The van der Waals surface area contributed by atoms with Crippen molar-refractivity contribution in [3.63, 3.8) is 0 Å². The number of aliphatic carboxylic acids is 1. The number of carbonyl (C=O) groups is 2. The van der Waals surface area contributed by atoms with Gasteiger partial charge in [-0.3, -0.25) is 9.69 Å². The molecule has 2 aliphatic rings. The van der Waals surface area contributed by atoms with Gasteiger partial charge < -0.3 is 20.2 Å². The summed E-state index contributed by atoms with van der Waals surface area (Å²) >= 11 is 0. The lowest BCUT2D eigenvalue weighted by Gasteiger charge is -2.37. The SMILES string of the molecule is CN1CCN(Cc2ccc(CN(C)C(=O)NCC3(C(=O)O)CCC3)cc2)CC1. The minimum Gasteiger partial charge on any atom is -0.481 e. The van der Waals surface area contributed by atoms with Crippen molar-refractivity contribution in [3.8, 4) is 0 Å². The maximum absolute atomic E-state index is 12.3. The van der Waals surface area contributed by atoms with Gasteiger partial charge >= 0.3 is 12.0 Å². The van der Waals surface area contributed by atoms with E-state index in [1.165, 1.54) is 5.56 Å². The molecule has 0 aromatic heterocycles. The van der Waals surface area contributed by atoms with Crippen LogP contribution in [0.25, 0.3) is 0 Å². The van der Waals surface area contributed by atoms with E-state index in [0.717, 1.165) is 44.7 Å². The van der Waals surface area contributed by atoms with E-state index in [9.17, 15) is 14.7 Å². The summed E-state index contributed by atoms with van der Waals surface area (Å²) in [7, 11) is 3.90. The van der Waals surface area contributed by atoms with Gasteiger partial charge in [0.25, 0.3) is 0 Å². The van der Waals surface area contributed by atoms with Crippen LogP contribution in [0.2, 0.25) is 0 Å². The van der Waals surface area contributed by atoms with Crippen molar-refractivity contribution in [1.82, 2.24) is 20.0 Å². The normalized spacial score (nSPS) is 19.6. The fourth-order valence-electron chi connectivity index (χ4n) is 3.81. The molecule has 1 aliphatic heterocycles. The van der Waals surface area contributed by atoms with E-state index in [2.05, 4.69) is 46.4 Å². The number of urea groups is 1. The molecule has 2 fully saturated rings. The van der Waals surface area contributed by atoms with E-state index in [0.29, 0.717) is 19.4 Å². The fourth-order valence-corrected chi connectivity index (χ4v) is 3.81. The number of carbonyl (C=O) groups excluding carboxylic acids is 1. The second kappa shape index (κ2) is 8.92. The third kappa shape index (κ3) is 5.02. The van der Waals surface area contributed by atoms with E-state index in [-0.39, 0.29) is 12.6 Å². The van der Waals surface area contributed by atoms with Crippen LogP contribution >= 0.6 is 0 Å². The van der Waals surface area contributed by atoms with Crippen molar-refractivity contribution in [2.75, 3.05) is 46.8 Å². The molecule has 1 saturated carbocycles. The minimum absolute atomic E-state index is 0.204. The number of piperazine rings is 1. The van der Waals surface area contributed by atoms with Gasteiger partial charge in [0.2, 0.25) is 0 Å². The number of hydrogen-bond acceptors (Lipinski definition) is 4. The lowest BCUT2D eigenvalue weighted by atomic mass is 9.69. The predicted octanol–water partition coefficient (Wildman–Crippen LogP) is 1.83. The summed E-state index contributed by atoms with van der Waals surface area (Å²) in [6.45, 7) is 6.08. The molecule has 0 unspecified atom stereocenters. The molecule has 1 saturated heterocycles. The molecule has 7 nitrogen and oxygen atoms in total. The second-order valence-corrected chi connectivity index (χ2v) is 8.35. The lowest BCUT2D eigenvalue weighted by molar-refractivity contribution is -0.153. The van der Waals surface area contributed by atoms with Crippen molar-refractivity contribution in [3.05, 3.63) is 35.4 Å². The Morgan fingerprint density at radius 3 is 2.25 bits per heavy atom. The van der Waals surface area contributed by atoms with Gasteiger partial charge in [-0.15, -0.1) is 0 Å². The van der Waals surface area contributed by atoms with Gasteiger partial charge in [0.05, 0.1) is 5.41 Å². The van der Waals surface area contributed by atoms with Crippen LogP contribution < -0.4 is 5.32 Å². The molecule has 0 bridgehead atoms. The maximum atomic E-state index is 12.3. The van der Waals surface area contributed by atoms with Crippen LogP contribution in [0.4, 0.5) is 4.79 Å². The van der Waals surface area contributed by atoms with Crippen LogP contribution in [0.1, 0.15) is 30.4 Å². The molecule has 1 aromatic rings. The fraction of sp³-hybridized carbons (Fsp3) is 0.619. The third-order valence-corrected chi connectivity index (χ3v) is 6.13. The summed E-state index contributed by atoms with van der Waals surface area (Å²) in [5.74, 6) is -0.808. The van der Waals surface area contributed by atoms with Crippen LogP contribution in [0.15, 0.2) is 24.3 Å². The largest absolute Gasteiger partial charge is 0.481 e. The van der Waals surface area contributed by atoms with Crippen LogP contribution in [0.3, 0.4) is 0 Å². The highest BCUT2D eigenvalue weighted by Gasteiger charge is 2.44. The van der Waals surface area contributed by atoms with Crippen LogP contribution in [-0.4, -0.2) is 78.6 Å². The number of nitrogens with zero attached hydrogens (tertiary/aromatic N) is 3. The summed E-state index contributed by atoms with van der Waals surface area (Å²) in [6.07, 6.45) is 2.20. The standard InChI is InChI=1S/C21H32N4O3/c1-23-10-12-25(13-11-23)15-18-6-4-17(5-7-18)14-24(2)20(28)22-16-21(19(26)27)8-3-9-21/h4-7H,3,8-16H2,1-2H3,(H,22,28)(H,26,27). The van der Waals surface area contributed by atoms with Crippen molar-refractivity contribution in [1.29, 1.82) is 0 Å². The Morgan fingerprint density at radius 2 is 1.71 bits per heavy atom. The minimum atomic E-state index is -0.808. The zero-order valence-electron chi connectivity index (χ0n) is 17.0. The molecule has 0 spiro atoms. The Morgan fingerprint density at radius 1 is 1.11 bits per heavy atom. The van der Waals surface area contributed by atoms with Crippen molar-refractivity contribution >= 4 is 12.0 Å². The maximum Gasteiger partial charge on any atom is 0.317 e. The lowest BCUT2D eigenvalue weighted by Crippen LogP contribution is -2.49. The Labute approximate surface area is 167 Å². The molecule has 7 heteroatoms. The Bertz CT molecular complexity index is 679. The average Bonchev–Trinajstić information content (AvgIpc) is 2.63. The molecule has 154 valence electrons. The molecule has 3 rings (SSSR count). The summed E-state index contributed by atoms with van der Waals surface area (Å²) < 4.78 is 0. The molecule has 1 aliphatic carbocycles. The molecule has 2 N–H and O–H groups in total. The first-order valence-corrected chi connectivity index (χ1v) is 10.1. The Kier molecular flexibility index (Phi) is 6.57. The zero-order chi connectivity index (χ0) is 20.1. The third-order valence-electron chi connectivity index (χ3n) is 6.13. The number of benzene rings is 1. The molecule has 28 heavy (non-hydrogen) atoms. The van der Waals surface area contributed by atoms with Crippen molar-refractivity contribution in [2.24, 2.45) is 5.41 Å². The van der Waals surface area contributed by atoms with Gasteiger partial charge in [-0.1, -0.05) is 30.7 Å². The van der Waals surface area contributed by atoms with E-state index in [1.54, 1.807) is 11.9 Å². The first-order valence-electron chi connectivity index (χ1n) is 10.1. The molecular formula is C21H32N4O3. The van der Waals surface area contributed by atoms with E-state index in [4.69, 9.17) is 0 Å². The summed E-state index contributed by atoms with van der Waals surface area (Å²) in [6, 6.07) is 8.18. The predicted molar refractivity (Wildman–Crippen MR) is 108 cm³/mol. The number of rotatable bonds is 7. The van der Waals surface area contributed by atoms with Gasteiger partial charge in [0, 0.05) is 52.9 Å². The first kappa shape index (κ1) is 20.6. The topological polar surface area (TPSA) is 76.1 Å². The highest BCUT2D eigenvalue weighted by atomic mass is 16.4. The molecule has 2 amide bonds. The van der Waals surface area contributed by atoms with Crippen LogP contribution in [-0.2, 0) is 17.9 Å². The molecule has 0 radical (unpaired) electrons. The number of carboxylic acid groups (broad SMARTS) is 1. The van der Waals surface area contributed by atoms with E-state index in [1.807, 2.05) is 0 Å². The summed E-state index contributed by atoms with van der Waals surface area (Å²) in [5.41, 5.74) is 1.59. The molecule has 0 atom stereocenters. The van der Waals surface area contributed by atoms with Gasteiger partial charge in [0.15, 0.2) is 0 Å². The van der Waals surface area contributed by atoms with Gasteiger partial charge in [-0.25, -0.2) is 4.79 Å². The number of nitrogens with one attached hydrogen (secondary N) is 1. The number of hydrogen-bond donors (Lipinski definition) is 2. The van der Waals surface area contributed by atoms with Crippen LogP contribution in [0.5, 0.6) is 0 Å². The van der Waals surface area contributed by atoms with Gasteiger partial charge in [0.1, 0.15) is 0 Å². The quantitative estimate of drug-likeness (QED) is 0.745. The first-order chi connectivity index (χ1) is 13.4. The second-order valence-electron chi connectivity index (χ2n) is 8.35. The van der Waals surface area contributed by atoms with E-state index >= 15 is 0 Å². The number of amides is 2. The molecule has 1 aromatic carbocycles. The average molecular weight is 389 g/mol. The van der Waals surface area contributed by atoms with Gasteiger partial charge in [-0.2, -0.15) is 0 Å². The van der Waals surface area contributed by atoms with Crippen LogP contribution in [0, 0.1) is 5.41 Å². The van der Waals surface area contributed by atoms with Crippen molar-refractivity contribution < 1.29 is 14.7 Å². The van der Waals surface area contributed by atoms with Crippen molar-refractivity contribution in [2.45, 2.75) is 32.4 Å². The monoisotopic (exact) mass is 388 g/mol. The highest BCUT2D eigenvalue weighted by Crippen LogP contribution is 2.40. The summed E-state index contributed by atoms with van der Waals surface area (Å²) in [5, 5.41) is 12.1. The zero-order valence-corrected chi connectivity index (χ0v) is 17.0. The van der Waals surface area contributed by atoms with E-state index < -0.39 is 11.4 Å². The highest BCUT2D eigenvalue weighted by molar-refractivity contribution is 5.78. The number of likely N-dealkylation sites (N-methyl/N-ethyl adjacent to an activating group) is 1. The molecular weight excluding hydrogens is 356 g/mol.